The van der Waals surface area contributed by atoms with Crippen LogP contribution in [0.15, 0.2) is 28.7 Å². The smallest absolute Gasteiger partial charge is 0.312 e. The van der Waals surface area contributed by atoms with Crippen LogP contribution in [0, 0.1) is 17.3 Å². The summed E-state index contributed by atoms with van der Waals surface area (Å²) in [4.78, 5) is 25.5. The maximum absolute atomic E-state index is 12.9. The van der Waals surface area contributed by atoms with Crippen LogP contribution in [0.1, 0.15) is 55.8 Å². The molecule has 5 heteroatoms. The van der Waals surface area contributed by atoms with Crippen LogP contribution in [0.25, 0.3) is 0 Å². The lowest BCUT2D eigenvalue weighted by atomic mass is 9.48. The van der Waals surface area contributed by atoms with E-state index in [4.69, 9.17) is 4.74 Å². The average molecular weight is 407 g/mol. The van der Waals surface area contributed by atoms with Crippen LogP contribution in [0.3, 0.4) is 0 Å². The number of rotatable bonds is 4. The molecule has 0 aromatic heterocycles. The quantitative estimate of drug-likeness (QED) is 0.608. The first-order chi connectivity index (χ1) is 11.8. The van der Waals surface area contributed by atoms with Gasteiger partial charge in [0.25, 0.3) is 0 Å². The van der Waals surface area contributed by atoms with E-state index >= 15 is 0 Å². The van der Waals surface area contributed by atoms with E-state index in [-0.39, 0.29) is 11.8 Å². The number of aliphatic hydroxyl groups is 1. The van der Waals surface area contributed by atoms with E-state index in [0.29, 0.717) is 23.8 Å². The second kappa shape index (κ2) is 5.92. The van der Waals surface area contributed by atoms with E-state index in [1.807, 2.05) is 0 Å². The van der Waals surface area contributed by atoms with Gasteiger partial charge in [0.2, 0.25) is 5.78 Å². The third-order valence-corrected chi connectivity index (χ3v) is 6.77. The van der Waals surface area contributed by atoms with E-state index in [2.05, 4.69) is 15.9 Å². The van der Waals surface area contributed by atoms with Gasteiger partial charge in [0.15, 0.2) is 6.10 Å². The zero-order valence-corrected chi connectivity index (χ0v) is 15.9. The van der Waals surface area contributed by atoms with E-state index in [1.165, 1.54) is 0 Å². The molecule has 1 aromatic carbocycles. The molecule has 0 spiro atoms. The predicted molar refractivity (Wildman–Crippen MR) is 96.1 cm³/mol. The molecule has 1 N–H and O–H groups in total. The van der Waals surface area contributed by atoms with Crippen LogP contribution in [-0.4, -0.2) is 28.6 Å². The first kappa shape index (κ1) is 17.2. The fraction of sp³-hybridized carbons (Fsp3) is 0.600. The molecule has 4 fully saturated rings. The van der Waals surface area contributed by atoms with Gasteiger partial charge in [0, 0.05) is 10.0 Å². The third kappa shape index (κ3) is 3.06. The predicted octanol–water partition coefficient (Wildman–Crippen LogP) is 3.89. The fourth-order valence-corrected chi connectivity index (χ4v) is 5.91. The molecule has 4 bridgehead atoms. The summed E-state index contributed by atoms with van der Waals surface area (Å²) in [6, 6.07) is 7.06. The lowest BCUT2D eigenvalue weighted by Gasteiger charge is -2.58. The van der Waals surface area contributed by atoms with E-state index in [9.17, 15) is 14.7 Å². The minimum Gasteiger partial charge on any atom is -0.454 e. The number of esters is 1. The van der Waals surface area contributed by atoms with Crippen molar-refractivity contribution < 1.29 is 19.4 Å². The van der Waals surface area contributed by atoms with Gasteiger partial charge >= 0.3 is 5.97 Å². The number of hydrogen-bond donors (Lipinski definition) is 1. The van der Waals surface area contributed by atoms with Crippen LogP contribution < -0.4 is 0 Å². The van der Waals surface area contributed by atoms with E-state index < -0.39 is 17.1 Å². The van der Waals surface area contributed by atoms with Crippen LogP contribution in [-0.2, 0) is 9.53 Å². The Bertz CT molecular complexity index is 697. The molecule has 2 unspecified atom stereocenters. The number of Topliss-reactive ketones (excluding diaryl/α,β-unsaturated/α-hetero) is 1. The lowest BCUT2D eigenvalue weighted by Crippen LogP contribution is -2.58. The first-order valence-electron chi connectivity index (χ1n) is 9.02. The highest BCUT2D eigenvalue weighted by molar-refractivity contribution is 9.10. The van der Waals surface area contributed by atoms with Gasteiger partial charge in [-0.1, -0.05) is 28.1 Å². The summed E-state index contributed by atoms with van der Waals surface area (Å²) in [5.74, 6) is 0.342. The zero-order chi connectivity index (χ0) is 17.8. The van der Waals surface area contributed by atoms with Gasteiger partial charge in [-0.15, -0.1) is 0 Å². The number of carbonyl (C=O) groups excluding carboxylic acids is 2. The summed E-state index contributed by atoms with van der Waals surface area (Å²) in [5, 5.41) is 10.8. The molecule has 134 valence electrons. The minimum absolute atomic E-state index is 0.190. The molecule has 0 saturated heterocycles. The molecular formula is C20H23BrO4. The van der Waals surface area contributed by atoms with Gasteiger partial charge in [-0.2, -0.15) is 0 Å². The highest BCUT2D eigenvalue weighted by Gasteiger charge is 2.61. The molecule has 0 radical (unpaired) electrons. The van der Waals surface area contributed by atoms with Crippen molar-refractivity contribution in [2.45, 2.75) is 57.2 Å². The number of hydrogen-bond acceptors (Lipinski definition) is 4. The Morgan fingerprint density at radius 2 is 1.76 bits per heavy atom. The van der Waals surface area contributed by atoms with Gasteiger partial charge in [0.05, 0.1) is 11.0 Å². The Labute approximate surface area is 156 Å². The van der Waals surface area contributed by atoms with Crippen molar-refractivity contribution in [3.05, 3.63) is 34.3 Å². The molecular weight excluding hydrogens is 384 g/mol. The third-order valence-electron chi connectivity index (χ3n) is 6.25. The van der Waals surface area contributed by atoms with Crippen molar-refractivity contribution in [1.82, 2.24) is 0 Å². The van der Waals surface area contributed by atoms with Crippen molar-refractivity contribution in [1.29, 1.82) is 0 Å². The van der Waals surface area contributed by atoms with Gasteiger partial charge in [0.1, 0.15) is 0 Å². The first-order valence-corrected chi connectivity index (χ1v) is 9.81. The molecule has 0 aliphatic heterocycles. The molecule has 4 aliphatic rings. The van der Waals surface area contributed by atoms with Crippen molar-refractivity contribution in [3.63, 3.8) is 0 Å². The number of carbonyl (C=O) groups is 2. The van der Waals surface area contributed by atoms with Crippen molar-refractivity contribution in [2.75, 3.05) is 0 Å². The second-order valence-corrected chi connectivity index (χ2v) is 9.30. The maximum atomic E-state index is 12.9. The summed E-state index contributed by atoms with van der Waals surface area (Å²) in [5.41, 5.74) is -0.762. The summed E-state index contributed by atoms with van der Waals surface area (Å²) in [6.07, 6.45) is 4.01. The summed E-state index contributed by atoms with van der Waals surface area (Å²) < 4.78 is 6.51. The molecule has 5 atom stereocenters. The highest BCUT2D eigenvalue weighted by atomic mass is 79.9. The Morgan fingerprint density at radius 1 is 1.16 bits per heavy atom. The number of ketones is 1. The maximum Gasteiger partial charge on any atom is 0.312 e. The molecule has 0 amide bonds. The van der Waals surface area contributed by atoms with Crippen LogP contribution >= 0.6 is 15.9 Å². The van der Waals surface area contributed by atoms with E-state index in [1.54, 1.807) is 31.2 Å². The van der Waals surface area contributed by atoms with Crippen LogP contribution in [0.4, 0.5) is 0 Å². The Kier molecular flexibility index (Phi) is 4.08. The van der Waals surface area contributed by atoms with Gasteiger partial charge < -0.3 is 9.84 Å². The lowest BCUT2D eigenvalue weighted by molar-refractivity contribution is -0.197. The topological polar surface area (TPSA) is 63.6 Å². The Hall–Kier alpha value is -1.20. The average Bonchev–Trinajstić information content (AvgIpc) is 2.52. The zero-order valence-electron chi connectivity index (χ0n) is 14.3. The normalized spacial score (nSPS) is 36.9. The Balaban J connectivity index is 1.48. The number of benzene rings is 1. The van der Waals surface area contributed by atoms with Gasteiger partial charge in [-0.25, -0.2) is 0 Å². The molecule has 5 rings (SSSR count). The number of halogens is 1. The molecule has 0 heterocycles. The number of ether oxygens (including phenoxy) is 1. The van der Waals surface area contributed by atoms with Crippen molar-refractivity contribution >= 4 is 27.7 Å². The minimum atomic E-state index is -0.809. The monoisotopic (exact) mass is 406 g/mol. The van der Waals surface area contributed by atoms with Crippen molar-refractivity contribution in [3.8, 4) is 0 Å². The SMILES string of the molecule is C[C@H](OC(=O)C12C[C@@H]3C[C@@H](CC(O)(C3)C1)C2)C(=O)c1ccc(Br)cc1. The largest absolute Gasteiger partial charge is 0.454 e. The van der Waals surface area contributed by atoms with Crippen LogP contribution in [0.5, 0.6) is 0 Å². The molecule has 1 aromatic rings. The van der Waals surface area contributed by atoms with Gasteiger partial charge in [-0.05, 0) is 69.4 Å². The molecule has 4 nitrogen and oxygen atoms in total. The summed E-state index contributed by atoms with van der Waals surface area (Å²) in [6.45, 7) is 1.64. The van der Waals surface area contributed by atoms with Gasteiger partial charge in [-0.3, -0.25) is 9.59 Å². The van der Waals surface area contributed by atoms with Crippen molar-refractivity contribution in [2.24, 2.45) is 17.3 Å². The molecule has 4 saturated carbocycles. The fourth-order valence-electron chi connectivity index (χ4n) is 5.64. The van der Waals surface area contributed by atoms with Crippen LogP contribution in [0.2, 0.25) is 0 Å². The summed E-state index contributed by atoms with van der Waals surface area (Å²) in [7, 11) is 0. The Morgan fingerprint density at radius 3 is 2.32 bits per heavy atom. The molecule has 25 heavy (non-hydrogen) atoms. The molecule has 4 aliphatic carbocycles. The van der Waals surface area contributed by atoms with E-state index in [0.717, 1.165) is 36.6 Å². The highest BCUT2D eigenvalue weighted by Crippen LogP contribution is 2.62. The standard InChI is InChI=1S/C20H23BrO4/c1-12(17(22)15-2-4-16(21)5-3-15)25-18(23)19-7-13-6-14(8-19)10-20(24,9-13)11-19/h2-5,12-14,24H,6-11H2,1H3/t12-,13-,14+,19?,20?/m0/s1. The second-order valence-electron chi connectivity index (χ2n) is 8.38. The summed E-state index contributed by atoms with van der Waals surface area (Å²) >= 11 is 3.35.